The molecule has 1 saturated heterocycles. The van der Waals surface area contributed by atoms with Crippen molar-refractivity contribution in [1.29, 1.82) is 0 Å². The van der Waals surface area contributed by atoms with Gasteiger partial charge in [0.25, 0.3) is 0 Å². The molecule has 0 bridgehead atoms. The fourth-order valence-electron chi connectivity index (χ4n) is 3.77. The number of hydrogen-bond donors (Lipinski definition) is 1. The van der Waals surface area contributed by atoms with Gasteiger partial charge < -0.3 is 19.9 Å². The number of nitrogens with zero attached hydrogens (tertiary/aromatic N) is 5. The molecule has 33 heavy (non-hydrogen) atoms. The fourth-order valence-corrected chi connectivity index (χ4v) is 4.65. The van der Waals surface area contributed by atoms with Crippen molar-refractivity contribution < 1.29 is 13.9 Å². The quantitative estimate of drug-likeness (QED) is 0.486. The van der Waals surface area contributed by atoms with Crippen LogP contribution >= 0.6 is 11.5 Å². The molecule has 0 unspecified atom stereocenters. The van der Waals surface area contributed by atoms with Gasteiger partial charge in [-0.3, -0.25) is 0 Å². The molecule has 0 aliphatic carbocycles. The normalized spacial score (nSPS) is 13.9. The summed E-state index contributed by atoms with van der Waals surface area (Å²) >= 11 is 1.38. The summed E-state index contributed by atoms with van der Waals surface area (Å²) in [6.45, 7) is 2.36. The number of carbonyl (C=O) groups excluding carboxylic acids is 1. The molecule has 1 fully saturated rings. The Morgan fingerprint density at radius 2 is 1.76 bits per heavy atom. The minimum absolute atomic E-state index is 0.200. The summed E-state index contributed by atoms with van der Waals surface area (Å²) in [5.74, 6) is 1.28. The zero-order valence-corrected chi connectivity index (χ0v) is 18.7. The number of fused-ring (bicyclic) bond motifs is 1. The lowest BCUT2D eigenvalue weighted by molar-refractivity contribution is 0.208. The van der Waals surface area contributed by atoms with Gasteiger partial charge in [-0.1, -0.05) is 0 Å². The van der Waals surface area contributed by atoms with Crippen LogP contribution in [0.1, 0.15) is 0 Å². The Morgan fingerprint density at radius 1 is 1.03 bits per heavy atom. The number of piperazine rings is 1. The third kappa shape index (κ3) is 4.29. The van der Waals surface area contributed by atoms with Crippen molar-refractivity contribution in [2.75, 3.05) is 43.5 Å². The molecule has 4 aromatic rings. The average molecular weight is 465 g/mol. The molecule has 2 amide bonds. The largest absolute Gasteiger partial charge is 0.497 e. The zero-order valence-electron chi connectivity index (χ0n) is 17.9. The minimum atomic E-state index is -0.337. The molecule has 168 valence electrons. The van der Waals surface area contributed by atoms with Crippen molar-refractivity contribution in [3.8, 4) is 17.0 Å². The number of urea groups is 1. The number of amides is 2. The average Bonchev–Trinajstić information content (AvgIpc) is 3.30. The van der Waals surface area contributed by atoms with Gasteiger partial charge in [-0.2, -0.15) is 4.37 Å². The van der Waals surface area contributed by atoms with Crippen molar-refractivity contribution in [2.24, 2.45) is 0 Å². The number of ether oxygens (including phenoxy) is 1. The maximum absolute atomic E-state index is 13.1. The second kappa shape index (κ2) is 8.99. The number of hydrogen-bond acceptors (Lipinski definition) is 7. The van der Waals surface area contributed by atoms with Crippen LogP contribution in [0, 0.1) is 5.82 Å². The molecule has 0 atom stereocenters. The standard InChI is InChI=1S/C23H21FN6O2S/c1-32-18-8-2-15(3-9-18)19-20-21(33-28-19)22(26-14-25-20)29-10-12-30(13-11-29)23(31)27-17-6-4-16(24)5-7-17/h2-9,14H,10-13H2,1H3,(H,27,31). The summed E-state index contributed by atoms with van der Waals surface area (Å²) < 4.78 is 23.9. The van der Waals surface area contributed by atoms with Crippen LogP contribution < -0.4 is 15.0 Å². The van der Waals surface area contributed by atoms with Crippen LogP contribution in [-0.2, 0) is 0 Å². The molecule has 8 nitrogen and oxygen atoms in total. The third-order valence-electron chi connectivity index (χ3n) is 5.56. The summed E-state index contributed by atoms with van der Waals surface area (Å²) in [6, 6.07) is 13.3. The van der Waals surface area contributed by atoms with Crippen molar-refractivity contribution in [3.63, 3.8) is 0 Å². The Balaban J connectivity index is 1.30. The highest BCUT2D eigenvalue weighted by Crippen LogP contribution is 2.35. The van der Waals surface area contributed by atoms with Gasteiger partial charge in [-0.05, 0) is 60.1 Å². The number of halogens is 1. The van der Waals surface area contributed by atoms with E-state index in [2.05, 4.69) is 24.6 Å². The first-order valence-corrected chi connectivity index (χ1v) is 11.2. The molecule has 1 aliphatic rings. The number of methoxy groups -OCH3 is 1. The first-order chi connectivity index (χ1) is 16.1. The van der Waals surface area contributed by atoms with E-state index in [0.717, 1.165) is 33.0 Å². The highest BCUT2D eigenvalue weighted by atomic mass is 32.1. The fraction of sp³-hybridized carbons (Fsp3) is 0.217. The lowest BCUT2D eigenvalue weighted by Crippen LogP contribution is -2.50. The molecule has 0 radical (unpaired) electrons. The number of nitrogens with one attached hydrogen (secondary N) is 1. The van der Waals surface area contributed by atoms with Gasteiger partial charge in [0.1, 0.15) is 33.8 Å². The topological polar surface area (TPSA) is 83.5 Å². The summed E-state index contributed by atoms with van der Waals surface area (Å²) in [5.41, 5.74) is 3.16. The second-order valence-electron chi connectivity index (χ2n) is 7.55. The van der Waals surface area contributed by atoms with Gasteiger partial charge >= 0.3 is 6.03 Å². The summed E-state index contributed by atoms with van der Waals surface area (Å²) in [7, 11) is 1.64. The van der Waals surface area contributed by atoms with E-state index in [1.807, 2.05) is 24.3 Å². The van der Waals surface area contributed by atoms with Crippen LogP contribution in [0.15, 0.2) is 54.9 Å². The SMILES string of the molecule is COc1ccc(-c2nsc3c(N4CCN(C(=O)Nc5ccc(F)cc5)CC4)ncnc23)cc1. The third-order valence-corrected chi connectivity index (χ3v) is 6.40. The molecule has 5 rings (SSSR count). The Kier molecular flexibility index (Phi) is 5.74. The van der Waals surface area contributed by atoms with Crippen LogP contribution in [0.5, 0.6) is 5.75 Å². The Hall–Kier alpha value is -3.79. The number of carbonyl (C=O) groups is 1. The van der Waals surface area contributed by atoms with Crippen LogP contribution in [0.2, 0.25) is 0 Å². The van der Waals surface area contributed by atoms with Gasteiger partial charge in [0.2, 0.25) is 0 Å². The smallest absolute Gasteiger partial charge is 0.321 e. The van der Waals surface area contributed by atoms with Gasteiger partial charge in [-0.15, -0.1) is 0 Å². The van der Waals surface area contributed by atoms with Crippen LogP contribution in [0.4, 0.5) is 20.7 Å². The molecular formula is C23H21FN6O2S. The lowest BCUT2D eigenvalue weighted by atomic mass is 10.1. The Labute approximate surface area is 193 Å². The minimum Gasteiger partial charge on any atom is -0.497 e. The predicted octanol–water partition coefficient (Wildman–Crippen LogP) is 4.26. The first kappa shape index (κ1) is 21.1. The molecule has 2 aromatic heterocycles. The highest BCUT2D eigenvalue weighted by Gasteiger charge is 2.25. The van der Waals surface area contributed by atoms with E-state index in [4.69, 9.17) is 4.74 Å². The van der Waals surface area contributed by atoms with Crippen LogP contribution in [0.25, 0.3) is 21.5 Å². The summed E-state index contributed by atoms with van der Waals surface area (Å²) in [5, 5.41) is 2.81. The molecule has 0 saturated carbocycles. The maximum Gasteiger partial charge on any atom is 0.321 e. The van der Waals surface area contributed by atoms with Gasteiger partial charge in [0, 0.05) is 37.4 Å². The molecule has 2 aromatic carbocycles. The maximum atomic E-state index is 13.1. The van der Waals surface area contributed by atoms with Crippen LogP contribution in [0.3, 0.4) is 0 Å². The van der Waals surface area contributed by atoms with E-state index in [-0.39, 0.29) is 11.8 Å². The Bertz CT molecular complexity index is 1270. The first-order valence-electron chi connectivity index (χ1n) is 10.4. The number of rotatable bonds is 4. The lowest BCUT2D eigenvalue weighted by Gasteiger charge is -2.35. The number of aromatic nitrogens is 3. The number of anilines is 2. The van der Waals surface area contributed by atoms with E-state index in [1.165, 1.54) is 23.7 Å². The molecule has 10 heteroatoms. The number of benzene rings is 2. The van der Waals surface area contributed by atoms with E-state index >= 15 is 0 Å². The van der Waals surface area contributed by atoms with E-state index in [1.54, 1.807) is 30.5 Å². The second-order valence-corrected chi connectivity index (χ2v) is 8.32. The van der Waals surface area contributed by atoms with Crippen molar-refractivity contribution >= 4 is 39.3 Å². The van der Waals surface area contributed by atoms with E-state index < -0.39 is 0 Å². The zero-order chi connectivity index (χ0) is 22.8. The predicted molar refractivity (Wildman–Crippen MR) is 126 cm³/mol. The molecule has 1 aliphatic heterocycles. The van der Waals surface area contributed by atoms with E-state index in [9.17, 15) is 9.18 Å². The molecule has 3 heterocycles. The van der Waals surface area contributed by atoms with Gasteiger partial charge in [-0.25, -0.2) is 19.2 Å². The van der Waals surface area contributed by atoms with E-state index in [0.29, 0.717) is 31.9 Å². The van der Waals surface area contributed by atoms with Crippen molar-refractivity contribution in [2.45, 2.75) is 0 Å². The van der Waals surface area contributed by atoms with Gasteiger partial charge in [0.15, 0.2) is 5.82 Å². The monoisotopic (exact) mass is 464 g/mol. The summed E-state index contributed by atoms with van der Waals surface area (Å²) in [6.07, 6.45) is 1.56. The summed E-state index contributed by atoms with van der Waals surface area (Å²) in [4.78, 5) is 25.5. The van der Waals surface area contributed by atoms with Crippen molar-refractivity contribution in [3.05, 3.63) is 60.7 Å². The Morgan fingerprint density at radius 3 is 2.45 bits per heavy atom. The molecule has 0 spiro atoms. The van der Waals surface area contributed by atoms with Gasteiger partial charge in [0.05, 0.1) is 7.11 Å². The molecule has 1 N–H and O–H groups in total. The van der Waals surface area contributed by atoms with Crippen molar-refractivity contribution in [1.82, 2.24) is 19.2 Å². The highest BCUT2D eigenvalue weighted by molar-refractivity contribution is 7.14. The van der Waals surface area contributed by atoms with Crippen LogP contribution in [-0.4, -0.2) is 58.6 Å². The molecular weight excluding hydrogens is 443 g/mol.